The third kappa shape index (κ3) is 5.24. The van der Waals surface area contributed by atoms with E-state index in [2.05, 4.69) is 0 Å². The summed E-state index contributed by atoms with van der Waals surface area (Å²) in [5.41, 5.74) is 6.17. The van der Waals surface area contributed by atoms with Crippen LogP contribution < -0.4 is 15.2 Å². The highest BCUT2D eigenvalue weighted by Crippen LogP contribution is 2.26. The molecule has 0 bridgehead atoms. The van der Waals surface area contributed by atoms with Crippen molar-refractivity contribution in [2.45, 2.75) is 12.8 Å². The molecule has 6 nitrogen and oxygen atoms in total. The van der Waals surface area contributed by atoms with Gasteiger partial charge in [-0.25, -0.2) is 0 Å². The Bertz CT molecular complexity index is 486. The maximum Gasteiger partial charge on any atom is 0.264 e. The highest BCUT2D eigenvalue weighted by Gasteiger charge is 2.04. The zero-order valence-corrected chi connectivity index (χ0v) is 10.9. The number of unbranched alkanes of at least 4 members (excludes halogenated alkanes) is 1. The van der Waals surface area contributed by atoms with Gasteiger partial charge in [-0.2, -0.15) is 8.42 Å². The topological polar surface area (TPSA) is 98.8 Å². The van der Waals surface area contributed by atoms with Crippen LogP contribution in [0.2, 0.25) is 0 Å². The van der Waals surface area contributed by atoms with Crippen molar-refractivity contribution >= 4 is 15.8 Å². The van der Waals surface area contributed by atoms with Crippen molar-refractivity contribution < 1.29 is 22.4 Å². The lowest BCUT2D eigenvalue weighted by molar-refractivity contribution is 0.307. The number of anilines is 1. The predicted octanol–water partition coefficient (Wildman–Crippen LogP) is 1.32. The molecule has 0 fully saturated rings. The Kier molecular flexibility index (Phi) is 5.24. The zero-order valence-electron chi connectivity index (χ0n) is 10.1. The molecule has 0 heterocycles. The Morgan fingerprint density at radius 1 is 1.33 bits per heavy atom. The second-order valence-electron chi connectivity index (χ2n) is 3.75. The zero-order chi connectivity index (χ0) is 13.6. The molecule has 7 heteroatoms. The number of methoxy groups -OCH3 is 1. The van der Waals surface area contributed by atoms with Gasteiger partial charge in [0.15, 0.2) is 0 Å². The summed E-state index contributed by atoms with van der Waals surface area (Å²) < 4.78 is 39.9. The summed E-state index contributed by atoms with van der Waals surface area (Å²) in [5.74, 6) is 0.889. The highest BCUT2D eigenvalue weighted by molar-refractivity contribution is 7.85. The van der Waals surface area contributed by atoms with Crippen molar-refractivity contribution in [1.29, 1.82) is 0 Å². The average molecular weight is 275 g/mol. The van der Waals surface area contributed by atoms with Crippen molar-refractivity contribution in [3.63, 3.8) is 0 Å². The van der Waals surface area contributed by atoms with E-state index >= 15 is 0 Å². The average Bonchev–Trinajstić information content (AvgIpc) is 2.29. The Balaban J connectivity index is 2.36. The summed E-state index contributed by atoms with van der Waals surface area (Å²) in [5, 5.41) is 0. The molecule has 18 heavy (non-hydrogen) atoms. The molecule has 1 aromatic carbocycles. The van der Waals surface area contributed by atoms with E-state index < -0.39 is 10.1 Å². The fourth-order valence-electron chi connectivity index (χ4n) is 1.36. The number of ether oxygens (including phenoxy) is 2. The number of nitrogens with two attached hydrogens (primary N) is 1. The van der Waals surface area contributed by atoms with Gasteiger partial charge in [-0.05, 0) is 25.0 Å². The van der Waals surface area contributed by atoms with Crippen LogP contribution in [0, 0.1) is 0 Å². The maximum absolute atomic E-state index is 10.5. The van der Waals surface area contributed by atoms with Crippen LogP contribution in [-0.2, 0) is 10.1 Å². The van der Waals surface area contributed by atoms with Crippen molar-refractivity contribution in [3.8, 4) is 11.5 Å². The first-order chi connectivity index (χ1) is 8.42. The number of rotatable bonds is 7. The van der Waals surface area contributed by atoms with Gasteiger partial charge in [0.25, 0.3) is 10.1 Å². The summed E-state index contributed by atoms with van der Waals surface area (Å²) in [7, 11) is -2.36. The molecular weight excluding hydrogens is 258 g/mol. The summed E-state index contributed by atoms with van der Waals surface area (Å²) in [6.07, 6.45) is 0.886. The minimum Gasteiger partial charge on any atom is -0.494 e. The summed E-state index contributed by atoms with van der Waals surface area (Å²) in [6, 6.07) is 5.05. The Morgan fingerprint density at radius 3 is 2.67 bits per heavy atom. The third-order valence-corrected chi connectivity index (χ3v) is 3.07. The molecule has 0 spiro atoms. The third-order valence-electron chi connectivity index (χ3n) is 2.27. The van der Waals surface area contributed by atoms with Crippen LogP contribution in [0.25, 0.3) is 0 Å². The quantitative estimate of drug-likeness (QED) is 0.442. The second-order valence-corrected chi connectivity index (χ2v) is 5.32. The van der Waals surface area contributed by atoms with Crippen LogP contribution in [0.5, 0.6) is 11.5 Å². The van der Waals surface area contributed by atoms with Crippen molar-refractivity contribution in [1.82, 2.24) is 0 Å². The van der Waals surface area contributed by atoms with Crippen molar-refractivity contribution in [2.75, 3.05) is 25.2 Å². The summed E-state index contributed by atoms with van der Waals surface area (Å²) in [4.78, 5) is 0. The lowest BCUT2D eigenvalue weighted by Gasteiger charge is -2.09. The lowest BCUT2D eigenvalue weighted by Crippen LogP contribution is -2.06. The molecule has 0 aliphatic rings. The molecule has 3 N–H and O–H groups in total. The molecule has 0 aliphatic heterocycles. The van der Waals surface area contributed by atoms with Crippen LogP contribution in [-0.4, -0.2) is 32.4 Å². The van der Waals surface area contributed by atoms with Gasteiger partial charge in [-0.3, -0.25) is 4.55 Å². The monoisotopic (exact) mass is 275 g/mol. The van der Waals surface area contributed by atoms with Crippen LogP contribution in [0.1, 0.15) is 12.8 Å². The minimum atomic E-state index is -3.88. The molecule has 0 unspecified atom stereocenters. The molecule has 0 amide bonds. The molecule has 102 valence electrons. The SMILES string of the molecule is COc1cc(OCCCCS(=O)(=O)O)ccc1N. The molecule has 0 atom stereocenters. The van der Waals surface area contributed by atoms with Crippen LogP contribution in [0.3, 0.4) is 0 Å². The molecule has 0 aromatic heterocycles. The van der Waals surface area contributed by atoms with E-state index in [1.807, 2.05) is 0 Å². The lowest BCUT2D eigenvalue weighted by atomic mass is 10.3. The molecule has 1 aromatic rings. The molecule has 0 saturated heterocycles. The van der Waals surface area contributed by atoms with E-state index in [9.17, 15) is 8.42 Å². The number of nitrogen functional groups attached to an aromatic ring is 1. The molecule has 0 saturated carbocycles. The van der Waals surface area contributed by atoms with Crippen LogP contribution >= 0.6 is 0 Å². The summed E-state index contributed by atoms with van der Waals surface area (Å²) in [6.45, 7) is 0.364. The van der Waals surface area contributed by atoms with Gasteiger partial charge in [-0.15, -0.1) is 0 Å². The number of hydrogen-bond acceptors (Lipinski definition) is 5. The van der Waals surface area contributed by atoms with Gasteiger partial charge < -0.3 is 15.2 Å². The smallest absolute Gasteiger partial charge is 0.264 e. The number of hydrogen-bond donors (Lipinski definition) is 2. The molecule has 0 radical (unpaired) electrons. The second kappa shape index (κ2) is 6.46. The Labute approximate surface area is 106 Å². The minimum absolute atomic E-state index is 0.249. The van der Waals surface area contributed by atoms with Gasteiger partial charge >= 0.3 is 0 Å². The standard InChI is InChI=1S/C11H17NO5S/c1-16-11-8-9(4-5-10(11)12)17-6-2-3-7-18(13,14)15/h4-5,8H,2-3,6-7,12H2,1H3,(H,13,14,15). The van der Waals surface area contributed by atoms with Crippen molar-refractivity contribution in [3.05, 3.63) is 18.2 Å². The van der Waals surface area contributed by atoms with E-state index in [1.165, 1.54) is 7.11 Å². The van der Waals surface area contributed by atoms with Crippen LogP contribution in [0.4, 0.5) is 5.69 Å². The van der Waals surface area contributed by atoms with E-state index in [1.54, 1.807) is 18.2 Å². The first-order valence-electron chi connectivity index (χ1n) is 5.44. The van der Waals surface area contributed by atoms with E-state index in [0.717, 1.165) is 0 Å². The van der Waals surface area contributed by atoms with E-state index in [4.69, 9.17) is 19.8 Å². The fourth-order valence-corrected chi connectivity index (χ4v) is 1.93. The normalized spacial score (nSPS) is 11.2. The molecular formula is C11H17NO5S. The van der Waals surface area contributed by atoms with Crippen molar-refractivity contribution in [2.24, 2.45) is 0 Å². The molecule has 1 rings (SSSR count). The van der Waals surface area contributed by atoms with Gasteiger partial charge in [-0.1, -0.05) is 0 Å². The van der Waals surface area contributed by atoms with Gasteiger partial charge in [0.1, 0.15) is 11.5 Å². The van der Waals surface area contributed by atoms with Gasteiger partial charge in [0, 0.05) is 6.07 Å². The fraction of sp³-hybridized carbons (Fsp3) is 0.455. The van der Waals surface area contributed by atoms with Crippen LogP contribution in [0.15, 0.2) is 18.2 Å². The van der Waals surface area contributed by atoms with Gasteiger partial charge in [0.2, 0.25) is 0 Å². The van der Waals surface area contributed by atoms with E-state index in [0.29, 0.717) is 36.6 Å². The number of benzene rings is 1. The summed E-state index contributed by atoms with van der Waals surface area (Å²) >= 11 is 0. The van der Waals surface area contributed by atoms with E-state index in [-0.39, 0.29) is 5.75 Å². The molecule has 0 aliphatic carbocycles. The Hall–Kier alpha value is -1.47. The first kappa shape index (κ1) is 14.6. The largest absolute Gasteiger partial charge is 0.494 e. The van der Waals surface area contributed by atoms with Gasteiger partial charge in [0.05, 0.1) is 25.2 Å². The predicted molar refractivity (Wildman–Crippen MR) is 68.6 cm³/mol. The Morgan fingerprint density at radius 2 is 2.06 bits per heavy atom. The maximum atomic E-state index is 10.5. The highest BCUT2D eigenvalue weighted by atomic mass is 32.2. The first-order valence-corrected chi connectivity index (χ1v) is 7.05.